The van der Waals surface area contributed by atoms with Crippen LogP contribution in [0.1, 0.15) is 25.5 Å². The van der Waals surface area contributed by atoms with Crippen LogP contribution in [0.25, 0.3) is 10.4 Å². The number of hydrogen-bond acceptors (Lipinski definition) is 5. The molecule has 1 unspecified atom stereocenters. The van der Waals surface area contributed by atoms with Crippen molar-refractivity contribution in [1.29, 1.82) is 0 Å². The lowest BCUT2D eigenvalue weighted by Gasteiger charge is -2.43. The van der Waals surface area contributed by atoms with Crippen molar-refractivity contribution in [3.8, 4) is 0 Å². The maximum Gasteiger partial charge on any atom is 0.327 e. The summed E-state index contributed by atoms with van der Waals surface area (Å²) in [7, 11) is 0. The molecule has 26 heavy (non-hydrogen) atoms. The van der Waals surface area contributed by atoms with Crippen molar-refractivity contribution in [3.05, 3.63) is 46.3 Å². The second kappa shape index (κ2) is 6.54. The van der Waals surface area contributed by atoms with E-state index < -0.39 is 46.0 Å². The number of amides is 2. The molecule has 0 saturated carbocycles. The van der Waals surface area contributed by atoms with Crippen LogP contribution in [0.3, 0.4) is 0 Å². The van der Waals surface area contributed by atoms with Crippen molar-refractivity contribution < 1.29 is 19.5 Å². The van der Waals surface area contributed by atoms with Gasteiger partial charge in [0, 0.05) is 9.66 Å². The Morgan fingerprint density at radius 1 is 1.38 bits per heavy atom. The van der Waals surface area contributed by atoms with Gasteiger partial charge in [-0.1, -0.05) is 35.4 Å². The second-order valence-electron chi connectivity index (χ2n) is 6.60. The fraction of sp³-hybridized carbons (Fsp3) is 0.438. The Kier molecular flexibility index (Phi) is 4.55. The molecule has 0 radical (unpaired) electrons. The summed E-state index contributed by atoms with van der Waals surface area (Å²) >= 11 is 1.33. The molecule has 2 heterocycles. The molecule has 10 heteroatoms. The molecule has 3 rings (SSSR count). The molecule has 1 aromatic rings. The van der Waals surface area contributed by atoms with Crippen LogP contribution >= 0.6 is 11.8 Å². The fourth-order valence-electron chi connectivity index (χ4n) is 3.34. The first-order valence-electron chi connectivity index (χ1n) is 7.90. The number of nitrogens with zero attached hydrogens (tertiary/aromatic N) is 4. The molecule has 2 N–H and O–H groups in total. The number of thioether (sulfide) groups is 1. The highest BCUT2D eigenvalue weighted by atomic mass is 32.2. The zero-order valence-corrected chi connectivity index (χ0v) is 14.9. The Hall–Kier alpha value is -2.71. The number of fused-ring (bicyclic) bond motifs is 1. The Morgan fingerprint density at radius 2 is 2.04 bits per heavy atom. The number of carbonyl (C=O) groups is 3. The molecule has 2 amide bonds. The Balaban J connectivity index is 1.78. The topological polar surface area (TPSA) is 135 Å². The van der Waals surface area contributed by atoms with Gasteiger partial charge in [-0.2, -0.15) is 0 Å². The van der Waals surface area contributed by atoms with E-state index in [0.29, 0.717) is 5.56 Å². The molecule has 9 nitrogen and oxygen atoms in total. The summed E-state index contributed by atoms with van der Waals surface area (Å²) in [6.45, 7) is 3.52. The Morgan fingerprint density at radius 3 is 2.62 bits per heavy atom. The molecule has 2 fully saturated rings. The van der Waals surface area contributed by atoms with Gasteiger partial charge in [0.25, 0.3) is 0 Å². The van der Waals surface area contributed by atoms with Crippen molar-refractivity contribution in [2.24, 2.45) is 5.11 Å². The molecule has 0 aromatic heterocycles. The quantitative estimate of drug-likeness (QED) is 0.349. The third kappa shape index (κ3) is 2.87. The predicted octanol–water partition coefficient (Wildman–Crippen LogP) is 1.67. The summed E-state index contributed by atoms with van der Waals surface area (Å²) in [6.07, 6.45) is 0. The van der Waals surface area contributed by atoms with E-state index in [-0.39, 0.29) is 0 Å². The summed E-state index contributed by atoms with van der Waals surface area (Å²) < 4.78 is -0.671. The van der Waals surface area contributed by atoms with Crippen LogP contribution in [0.2, 0.25) is 0 Å². The lowest BCUT2D eigenvalue weighted by atomic mass is 9.95. The maximum atomic E-state index is 12.6. The highest BCUT2D eigenvalue weighted by Crippen LogP contribution is 2.50. The number of benzene rings is 1. The first kappa shape index (κ1) is 18.1. The van der Waals surface area contributed by atoms with Gasteiger partial charge in [0.2, 0.25) is 11.8 Å². The first-order chi connectivity index (χ1) is 12.3. The van der Waals surface area contributed by atoms with E-state index in [1.54, 1.807) is 44.2 Å². The van der Waals surface area contributed by atoms with E-state index in [2.05, 4.69) is 15.3 Å². The number of azide groups is 1. The number of carbonyl (C=O) groups excluding carboxylic acids is 2. The number of rotatable bonds is 5. The highest BCUT2D eigenvalue weighted by Gasteiger charge is 2.64. The number of β-lactam (4-membered cyclic amide) rings is 1. The van der Waals surface area contributed by atoms with Crippen molar-refractivity contribution in [1.82, 2.24) is 10.2 Å². The smallest absolute Gasteiger partial charge is 0.327 e. The van der Waals surface area contributed by atoms with E-state index in [4.69, 9.17) is 5.53 Å². The van der Waals surface area contributed by atoms with E-state index in [1.807, 2.05) is 0 Å². The van der Waals surface area contributed by atoms with Gasteiger partial charge in [0.15, 0.2) is 0 Å². The first-order valence-corrected chi connectivity index (χ1v) is 8.78. The maximum absolute atomic E-state index is 12.6. The fourth-order valence-corrected chi connectivity index (χ4v) is 4.96. The predicted molar refractivity (Wildman–Crippen MR) is 94.0 cm³/mol. The average Bonchev–Trinajstić information content (AvgIpc) is 2.86. The second-order valence-corrected chi connectivity index (χ2v) is 8.37. The van der Waals surface area contributed by atoms with Gasteiger partial charge >= 0.3 is 5.97 Å². The van der Waals surface area contributed by atoms with Crippen molar-refractivity contribution in [3.63, 3.8) is 0 Å². The largest absolute Gasteiger partial charge is 0.480 e. The minimum Gasteiger partial charge on any atom is -0.480 e. The zero-order chi connectivity index (χ0) is 19.1. The minimum absolute atomic E-state index is 0.443. The van der Waals surface area contributed by atoms with E-state index in [9.17, 15) is 19.5 Å². The van der Waals surface area contributed by atoms with Gasteiger partial charge in [-0.05, 0) is 24.9 Å². The van der Waals surface area contributed by atoms with E-state index in [1.165, 1.54) is 16.7 Å². The van der Waals surface area contributed by atoms with Gasteiger partial charge in [-0.3, -0.25) is 9.59 Å². The molecule has 0 spiro atoms. The van der Waals surface area contributed by atoms with Gasteiger partial charge in [-0.25, -0.2) is 4.79 Å². The zero-order valence-electron chi connectivity index (χ0n) is 14.1. The van der Waals surface area contributed by atoms with Crippen molar-refractivity contribution in [2.75, 3.05) is 0 Å². The van der Waals surface area contributed by atoms with Crippen LogP contribution in [-0.4, -0.2) is 50.0 Å². The van der Waals surface area contributed by atoms with Crippen LogP contribution < -0.4 is 5.32 Å². The summed E-state index contributed by atoms with van der Waals surface area (Å²) in [5.41, 5.74) is 9.26. The van der Waals surface area contributed by atoms with Crippen molar-refractivity contribution >= 4 is 29.5 Å². The molecule has 2 saturated heterocycles. The number of carboxylic acids is 1. The molecule has 4 atom stereocenters. The van der Waals surface area contributed by atoms with E-state index >= 15 is 0 Å². The lowest BCUT2D eigenvalue weighted by Crippen LogP contribution is -2.70. The van der Waals surface area contributed by atoms with E-state index in [0.717, 1.165) is 0 Å². The number of carboxylic acid groups (broad SMARTS) is 1. The van der Waals surface area contributed by atoms with Crippen LogP contribution in [0, 0.1) is 0 Å². The molecular formula is C16H17N5O4S. The summed E-state index contributed by atoms with van der Waals surface area (Å²) in [4.78, 5) is 40.5. The standard InChI is InChI=1S/C16H17N5O4S/c1-16(2)11(15(24)25)21-13(23)10(14(21)26-16)18-12(22)9(19-20-17)8-6-4-3-5-7-8/h3-7,9-11,14H,1-2H3,(H,18,22)(H,24,25)/t9?,10-,11+,14-/m1/s1. The molecule has 2 aliphatic rings. The van der Waals surface area contributed by atoms with Gasteiger partial charge < -0.3 is 15.3 Å². The van der Waals surface area contributed by atoms with Crippen molar-refractivity contribution in [2.45, 2.75) is 42.1 Å². The average molecular weight is 375 g/mol. The van der Waals surface area contributed by atoms with Crippen LogP contribution in [0.5, 0.6) is 0 Å². The molecular weight excluding hydrogens is 358 g/mol. The Bertz CT molecular complexity index is 808. The summed E-state index contributed by atoms with van der Waals surface area (Å²) in [5, 5.41) is 15.1. The highest BCUT2D eigenvalue weighted by molar-refractivity contribution is 8.01. The lowest BCUT2D eigenvalue weighted by molar-refractivity contribution is -0.161. The summed E-state index contributed by atoms with van der Waals surface area (Å²) in [5.74, 6) is -2.11. The van der Waals surface area contributed by atoms with Crippen LogP contribution in [0.15, 0.2) is 35.4 Å². The number of nitrogens with one attached hydrogen (secondary N) is 1. The Labute approximate surface area is 153 Å². The summed E-state index contributed by atoms with van der Waals surface area (Å²) in [6, 6.07) is 5.63. The number of aliphatic carboxylic acids is 1. The third-order valence-corrected chi connectivity index (χ3v) is 6.07. The van der Waals surface area contributed by atoms with Crippen LogP contribution in [-0.2, 0) is 14.4 Å². The normalized spacial score (nSPS) is 26.9. The SMILES string of the molecule is CC1(C)S[C@@H]2[C@H](NC(=O)C(N=[N+]=[N-])c3ccccc3)C(=O)N2[C@H]1C(=O)O. The molecule has 136 valence electrons. The molecule has 1 aromatic carbocycles. The van der Waals surface area contributed by atoms with Crippen LogP contribution in [0.4, 0.5) is 0 Å². The van der Waals surface area contributed by atoms with Gasteiger partial charge in [-0.15, -0.1) is 11.8 Å². The third-order valence-electron chi connectivity index (χ3n) is 4.50. The number of hydrogen-bond donors (Lipinski definition) is 2. The minimum atomic E-state index is -1.10. The van der Waals surface area contributed by atoms with Gasteiger partial charge in [0.05, 0.1) is 0 Å². The monoisotopic (exact) mass is 375 g/mol. The molecule has 0 aliphatic carbocycles. The molecule has 2 aliphatic heterocycles. The van der Waals surface area contributed by atoms with Gasteiger partial charge in [0.1, 0.15) is 23.5 Å². The molecule has 0 bridgehead atoms.